The van der Waals surface area contributed by atoms with Gasteiger partial charge in [0.15, 0.2) is 5.78 Å². The highest BCUT2D eigenvalue weighted by atomic mass is 35.5. The van der Waals surface area contributed by atoms with Crippen molar-refractivity contribution in [1.82, 2.24) is 0 Å². The maximum Gasteiger partial charge on any atom is 0.176 e. The van der Waals surface area contributed by atoms with Crippen molar-refractivity contribution in [2.45, 2.75) is 4.90 Å². The van der Waals surface area contributed by atoms with Crippen LogP contribution in [0.1, 0.15) is 10.4 Å². The minimum atomic E-state index is -0.568. The number of methoxy groups -OCH3 is 1. The molecule has 5 heteroatoms. The number of carbonyl (C=O) groups excluding carboxylic acids is 1. The van der Waals surface area contributed by atoms with E-state index in [1.807, 2.05) is 12.1 Å². The monoisotopic (exact) mass is 310 g/mol. The molecular weight excluding hydrogens is 299 g/mol. The zero-order valence-corrected chi connectivity index (χ0v) is 12.3. The van der Waals surface area contributed by atoms with E-state index in [0.29, 0.717) is 10.8 Å². The molecule has 0 aliphatic heterocycles. The lowest BCUT2D eigenvalue weighted by Crippen LogP contribution is -2.05. The zero-order valence-electron chi connectivity index (χ0n) is 10.7. The molecule has 0 unspecified atom stereocenters. The van der Waals surface area contributed by atoms with Gasteiger partial charge in [-0.05, 0) is 30.3 Å². The summed E-state index contributed by atoms with van der Waals surface area (Å²) in [5.74, 6) is -0.290. The van der Waals surface area contributed by atoms with Crippen LogP contribution in [-0.4, -0.2) is 18.6 Å². The first-order chi connectivity index (χ1) is 9.60. The fourth-order valence-corrected chi connectivity index (χ4v) is 2.73. The van der Waals surface area contributed by atoms with Crippen LogP contribution in [0, 0.1) is 5.82 Å². The lowest BCUT2D eigenvalue weighted by Gasteiger charge is -2.05. The molecule has 0 heterocycles. The van der Waals surface area contributed by atoms with Crippen molar-refractivity contribution < 1.29 is 13.9 Å². The summed E-state index contributed by atoms with van der Waals surface area (Å²) in [6, 6.07) is 11.4. The summed E-state index contributed by atoms with van der Waals surface area (Å²) in [4.78, 5) is 12.9. The molecule has 0 fully saturated rings. The van der Waals surface area contributed by atoms with E-state index in [2.05, 4.69) is 0 Å². The third kappa shape index (κ3) is 3.74. The van der Waals surface area contributed by atoms with Gasteiger partial charge in [-0.2, -0.15) is 0 Å². The Balaban J connectivity index is 2.05. The van der Waals surface area contributed by atoms with Crippen LogP contribution in [0.4, 0.5) is 4.39 Å². The van der Waals surface area contributed by atoms with Crippen molar-refractivity contribution in [2.75, 3.05) is 12.9 Å². The molecule has 0 saturated carbocycles. The van der Waals surface area contributed by atoms with Crippen LogP contribution >= 0.6 is 23.4 Å². The molecule has 0 aliphatic rings. The van der Waals surface area contributed by atoms with Crippen LogP contribution in [0.3, 0.4) is 0 Å². The van der Waals surface area contributed by atoms with Crippen LogP contribution < -0.4 is 4.74 Å². The Morgan fingerprint density at radius 2 is 2.10 bits per heavy atom. The van der Waals surface area contributed by atoms with Gasteiger partial charge in [-0.3, -0.25) is 4.79 Å². The molecule has 0 bridgehead atoms. The lowest BCUT2D eigenvalue weighted by atomic mass is 10.1. The molecule has 0 saturated heterocycles. The largest absolute Gasteiger partial charge is 0.497 e. The van der Waals surface area contributed by atoms with Crippen LogP contribution in [0.15, 0.2) is 47.4 Å². The Morgan fingerprint density at radius 3 is 2.75 bits per heavy atom. The first-order valence-corrected chi connectivity index (χ1v) is 7.21. The summed E-state index contributed by atoms with van der Waals surface area (Å²) in [7, 11) is 1.45. The minimum absolute atomic E-state index is 0.0697. The molecule has 0 atom stereocenters. The SMILES string of the molecule is COc1ccc(C(=O)CSc2cccc(Cl)c2)c(F)c1. The Kier molecular flexibility index (Phi) is 5.04. The van der Waals surface area contributed by atoms with Gasteiger partial charge in [0.05, 0.1) is 18.4 Å². The molecule has 104 valence electrons. The minimum Gasteiger partial charge on any atom is -0.497 e. The highest BCUT2D eigenvalue weighted by molar-refractivity contribution is 8.00. The quantitative estimate of drug-likeness (QED) is 0.602. The van der Waals surface area contributed by atoms with Gasteiger partial charge in [0, 0.05) is 16.0 Å². The summed E-state index contributed by atoms with van der Waals surface area (Å²) in [6.45, 7) is 0. The molecule has 2 rings (SSSR count). The number of benzene rings is 2. The van der Waals surface area contributed by atoms with E-state index in [9.17, 15) is 9.18 Å². The molecule has 20 heavy (non-hydrogen) atoms. The molecular formula is C15H12ClFO2S. The van der Waals surface area contributed by atoms with Gasteiger partial charge in [-0.15, -0.1) is 11.8 Å². The van der Waals surface area contributed by atoms with Gasteiger partial charge in [0.2, 0.25) is 0 Å². The van der Waals surface area contributed by atoms with E-state index in [1.165, 1.54) is 31.0 Å². The summed E-state index contributed by atoms with van der Waals surface area (Å²) >= 11 is 7.19. The lowest BCUT2D eigenvalue weighted by molar-refractivity contribution is 0.101. The van der Waals surface area contributed by atoms with E-state index in [-0.39, 0.29) is 17.1 Å². The fourth-order valence-electron chi connectivity index (χ4n) is 1.63. The summed E-state index contributed by atoms with van der Waals surface area (Å²) < 4.78 is 18.6. The van der Waals surface area contributed by atoms with Crippen LogP contribution in [0.2, 0.25) is 5.02 Å². The molecule has 0 aliphatic carbocycles. The Labute approximate surface area is 125 Å². The molecule has 0 aromatic heterocycles. The van der Waals surface area contributed by atoms with E-state index in [4.69, 9.17) is 16.3 Å². The molecule has 0 spiro atoms. The normalized spacial score (nSPS) is 10.3. The van der Waals surface area contributed by atoms with Gasteiger partial charge in [0.1, 0.15) is 11.6 Å². The number of ether oxygens (including phenoxy) is 1. The maximum atomic E-state index is 13.7. The zero-order chi connectivity index (χ0) is 14.5. The second-order valence-corrected chi connectivity index (χ2v) is 5.50. The maximum absolute atomic E-state index is 13.7. The van der Waals surface area contributed by atoms with Crippen LogP contribution in [0.5, 0.6) is 5.75 Å². The van der Waals surface area contributed by atoms with Crippen molar-refractivity contribution in [3.8, 4) is 5.75 Å². The Hall–Kier alpha value is -1.52. The number of rotatable bonds is 5. The average Bonchev–Trinajstić information content (AvgIpc) is 2.44. The van der Waals surface area contributed by atoms with E-state index < -0.39 is 5.82 Å². The molecule has 0 radical (unpaired) electrons. The summed E-state index contributed by atoms with van der Waals surface area (Å²) in [5.41, 5.74) is 0.0697. The predicted octanol–water partition coefficient (Wildman–Crippen LogP) is 4.46. The van der Waals surface area contributed by atoms with Gasteiger partial charge in [-0.25, -0.2) is 4.39 Å². The van der Waals surface area contributed by atoms with Crippen molar-refractivity contribution in [1.29, 1.82) is 0 Å². The van der Waals surface area contributed by atoms with Gasteiger partial charge >= 0.3 is 0 Å². The number of halogens is 2. The van der Waals surface area contributed by atoms with Crippen molar-refractivity contribution >= 4 is 29.1 Å². The first kappa shape index (κ1) is 14.9. The molecule has 0 N–H and O–H groups in total. The number of thioether (sulfide) groups is 1. The molecule has 2 aromatic rings. The third-order valence-electron chi connectivity index (χ3n) is 2.64. The van der Waals surface area contributed by atoms with E-state index in [0.717, 1.165) is 4.90 Å². The average molecular weight is 311 g/mol. The van der Waals surface area contributed by atoms with Crippen molar-refractivity contribution in [3.05, 3.63) is 58.9 Å². The second-order valence-electron chi connectivity index (χ2n) is 4.02. The second kappa shape index (κ2) is 6.77. The molecule has 0 amide bonds. The first-order valence-electron chi connectivity index (χ1n) is 5.85. The topological polar surface area (TPSA) is 26.3 Å². The van der Waals surface area contributed by atoms with Gasteiger partial charge in [0.25, 0.3) is 0 Å². The standard InChI is InChI=1S/C15H12ClFO2S/c1-19-11-5-6-13(14(17)8-11)15(18)9-20-12-4-2-3-10(16)7-12/h2-8H,9H2,1H3. The van der Waals surface area contributed by atoms with Gasteiger partial charge in [-0.1, -0.05) is 17.7 Å². The van der Waals surface area contributed by atoms with Gasteiger partial charge < -0.3 is 4.74 Å². The van der Waals surface area contributed by atoms with Crippen molar-refractivity contribution in [3.63, 3.8) is 0 Å². The fraction of sp³-hybridized carbons (Fsp3) is 0.133. The number of Topliss-reactive ketones (excluding diaryl/α,β-unsaturated/α-hetero) is 1. The summed E-state index contributed by atoms with van der Waals surface area (Å²) in [6.07, 6.45) is 0. The molecule has 2 aromatic carbocycles. The Morgan fingerprint density at radius 1 is 1.30 bits per heavy atom. The Bertz CT molecular complexity index is 631. The number of ketones is 1. The highest BCUT2D eigenvalue weighted by Crippen LogP contribution is 2.24. The van der Waals surface area contributed by atoms with E-state index >= 15 is 0 Å². The van der Waals surface area contributed by atoms with E-state index in [1.54, 1.807) is 18.2 Å². The number of hydrogen-bond donors (Lipinski definition) is 0. The van der Waals surface area contributed by atoms with Crippen molar-refractivity contribution in [2.24, 2.45) is 0 Å². The summed E-state index contributed by atoms with van der Waals surface area (Å²) in [5, 5.41) is 0.609. The molecule has 2 nitrogen and oxygen atoms in total. The number of hydrogen-bond acceptors (Lipinski definition) is 3. The third-order valence-corrected chi connectivity index (χ3v) is 3.87. The number of carbonyl (C=O) groups is 1. The van der Waals surface area contributed by atoms with Crippen LogP contribution in [-0.2, 0) is 0 Å². The van der Waals surface area contributed by atoms with Crippen LogP contribution in [0.25, 0.3) is 0 Å². The predicted molar refractivity (Wildman–Crippen MR) is 79.5 cm³/mol. The highest BCUT2D eigenvalue weighted by Gasteiger charge is 2.13. The smallest absolute Gasteiger partial charge is 0.176 e.